The molecular formula is C24H28ClN7O. The minimum Gasteiger partial charge on any atom is -0.339 e. The monoisotopic (exact) mass is 465 g/mol. The number of halogens is 1. The molecule has 0 atom stereocenters. The standard InChI is InChI=1S/C19H17ClN6O.C5H11N/c1-11(27)23-17-5-4-14-7-13(17)3-2-12-6-15(9-21-8-12)25-19-22-10-16(20)18(24-14)26-19;1-2-4-6-5-3-1/h4-10H,2-3H2,1H3,(H,23,27)(H2,22,24,25,26);6H,1-5H2. The zero-order chi connectivity index (χ0) is 23.0. The second-order valence-electron chi connectivity index (χ2n) is 8.09. The maximum Gasteiger partial charge on any atom is 0.229 e. The maximum absolute atomic E-state index is 11.5. The molecule has 172 valence electrons. The molecule has 8 nitrogen and oxygen atoms in total. The number of aromatic nitrogens is 3. The second-order valence-corrected chi connectivity index (χ2v) is 8.49. The van der Waals surface area contributed by atoms with Gasteiger partial charge in [-0.3, -0.25) is 9.78 Å². The molecule has 6 bridgehead atoms. The summed E-state index contributed by atoms with van der Waals surface area (Å²) < 4.78 is 0. The van der Waals surface area contributed by atoms with Crippen LogP contribution in [0.3, 0.4) is 0 Å². The predicted octanol–water partition coefficient (Wildman–Crippen LogP) is 4.83. The Balaban J connectivity index is 0.000000376. The predicted molar refractivity (Wildman–Crippen MR) is 133 cm³/mol. The van der Waals surface area contributed by atoms with E-state index in [2.05, 4.69) is 36.2 Å². The fourth-order valence-electron chi connectivity index (χ4n) is 3.74. The highest BCUT2D eigenvalue weighted by atomic mass is 35.5. The van der Waals surface area contributed by atoms with Gasteiger partial charge in [0.1, 0.15) is 5.02 Å². The van der Waals surface area contributed by atoms with Gasteiger partial charge in [-0.15, -0.1) is 0 Å². The molecule has 2 aliphatic heterocycles. The lowest BCUT2D eigenvalue weighted by molar-refractivity contribution is -0.114. The Hall–Kier alpha value is -3.23. The summed E-state index contributed by atoms with van der Waals surface area (Å²) in [5.74, 6) is 0.817. The van der Waals surface area contributed by atoms with Crippen molar-refractivity contribution in [2.24, 2.45) is 0 Å². The number of hydrogen-bond donors (Lipinski definition) is 4. The van der Waals surface area contributed by atoms with Crippen molar-refractivity contribution in [1.82, 2.24) is 20.3 Å². The van der Waals surface area contributed by atoms with E-state index < -0.39 is 0 Å². The molecule has 4 N–H and O–H groups in total. The summed E-state index contributed by atoms with van der Waals surface area (Å²) in [6.45, 7) is 4.00. The molecule has 0 unspecified atom stereocenters. The number of nitrogens with one attached hydrogen (secondary N) is 4. The molecule has 2 aliphatic rings. The summed E-state index contributed by atoms with van der Waals surface area (Å²) >= 11 is 6.25. The van der Waals surface area contributed by atoms with Crippen molar-refractivity contribution in [3.63, 3.8) is 0 Å². The van der Waals surface area contributed by atoms with Crippen molar-refractivity contribution in [2.75, 3.05) is 29.0 Å². The van der Waals surface area contributed by atoms with Gasteiger partial charge in [-0.2, -0.15) is 4.98 Å². The summed E-state index contributed by atoms with van der Waals surface area (Å²) in [4.78, 5) is 24.5. The van der Waals surface area contributed by atoms with Crippen molar-refractivity contribution >= 4 is 46.3 Å². The van der Waals surface area contributed by atoms with Gasteiger partial charge in [0, 0.05) is 24.5 Å². The first-order valence-corrected chi connectivity index (χ1v) is 11.6. The van der Waals surface area contributed by atoms with E-state index in [0.717, 1.165) is 41.0 Å². The highest BCUT2D eigenvalue weighted by Gasteiger charge is 2.12. The Bertz CT molecular complexity index is 1110. The van der Waals surface area contributed by atoms with Gasteiger partial charge in [0.25, 0.3) is 0 Å². The lowest BCUT2D eigenvalue weighted by Crippen LogP contribution is -2.21. The first kappa shape index (κ1) is 22.9. The van der Waals surface area contributed by atoms with Gasteiger partial charge in [-0.1, -0.05) is 18.0 Å². The number of benzene rings is 1. The lowest BCUT2D eigenvalue weighted by atomic mass is 10.0. The molecule has 0 saturated carbocycles. The summed E-state index contributed by atoms with van der Waals surface area (Å²) in [5.41, 5.74) is 4.50. The normalized spacial score (nSPS) is 14.6. The molecule has 5 rings (SSSR count). The van der Waals surface area contributed by atoms with Crippen molar-refractivity contribution in [1.29, 1.82) is 0 Å². The highest BCUT2D eigenvalue weighted by molar-refractivity contribution is 6.32. The van der Waals surface area contributed by atoms with Crippen LogP contribution in [0, 0.1) is 0 Å². The van der Waals surface area contributed by atoms with Crippen LogP contribution in [0.25, 0.3) is 0 Å². The largest absolute Gasteiger partial charge is 0.339 e. The third kappa shape index (κ3) is 6.63. The summed E-state index contributed by atoms with van der Waals surface area (Å²) in [6, 6.07) is 7.76. The van der Waals surface area contributed by atoms with Gasteiger partial charge in [0.2, 0.25) is 11.9 Å². The molecule has 33 heavy (non-hydrogen) atoms. The van der Waals surface area contributed by atoms with Crippen molar-refractivity contribution in [3.8, 4) is 0 Å². The molecule has 2 aromatic heterocycles. The van der Waals surface area contributed by atoms with Gasteiger partial charge in [0.15, 0.2) is 5.82 Å². The Morgan fingerprint density at radius 2 is 1.85 bits per heavy atom. The van der Waals surface area contributed by atoms with Crippen molar-refractivity contribution in [3.05, 3.63) is 59.0 Å². The fourth-order valence-corrected chi connectivity index (χ4v) is 3.88. The summed E-state index contributed by atoms with van der Waals surface area (Å²) in [7, 11) is 0. The molecule has 3 aromatic rings. The van der Waals surface area contributed by atoms with Crippen LogP contribution >= 0.6 is 11.6 Å². The molecule has 1 aromatic carbocycles. The van der Waals surface area contributed by atoms with Gasteiger partial charge in [-0.05, 0) is 74.2 Å². The van der Waals surface area contributed by atoms with Crippen LogP contribution in [0.2, 0.25) is 5.02 Å². The number of carbonyl (C=O) groups excluding carboxylic acids is 1. The minimum absolute atomic E-state index is 0.105. The topological polar surface area (TPSA) is 104 Å². The molecule has 1 fully saturated rings. The van der Waals surface area contributed by atoms with Crippen molar-refractivity contribution in [2.45, 2.75) is 39.0 Å². The average molecular weight is 466 g/mol. The Kier molecular flexibility index (Phi) is 7.70. The molecule has 1 amide bonds. The number of amides is 1. The first-order chi connectivity index (χ1) is 16.1. The quantitative estimate of drug-likeness (QED) is 0.408. The molecule has 0 radical (unpaired) electrons. The average Bonchev–Trinajstić information content (AvgIpc) is 2.83. The van der Waals surface area contributed by atoms with E-state index in [1.165, 1.54) is 39.3 Å². The van der Waals surface area contributed by atoms with E-state index in [1.54, 1.807) is 12.4 Å². The summed E-state index contributed by atoms with van der Waals surface area (Å²) in [5, 5.41) is 13.0. The fraction of sp³-hybridized carbons (Fsp3) is 0.333. The van der Waals surface area contributed by atoms with Crippen LogP contribution in [0.15, 0.2) is 42.9 Å². The molecule has 1 saturated heterocycles. The molecule has 0 aliphatic carbocycles. The van der Waals surface area contributed by atoms with Crippen LogP contribution in [0.5, 0.6) is 0 Å². The smallest absolute Gasteiger partial charge is 0.229 e. The number of fused-ring (bicyclic) bond motifs is 6. The molecule has 0 spiro atoms. The van der Waals surface area contributed by atoms with E-state index in [-0.39, 0.29) is 5.91 Å². The number of piperidine rings is 1. The number of hydrogen-bond acceptors (Lipinski definition) is 7. The third-order valence-electron chi connectivity index (χ3n) is 5.36. The first-order valence-electron chi connectivity index (χ1n) is 11.2. The number of carbonyl (C=O) groups is 1. The SMILES string of the molecule is C1CCNCC1.CC(=O)Nc1ccc2cc1CCc1cncc(c1)Nc1ncc(Cl)c(n1)N2. The van der Waals surface area contributed by atoms with Gasteiger partial charge in [0.05, 0.1) is 18.1 Å². The molecular weight excluding hydrogens is 438 g/mol. The van der Waals surface area contributed by atoms with E-state index in [0.29, 0.717) is 16.8 Å². The zero-order valence-electron chi connectivity index (χ0n) is 18.6. The van der Waals surface area contributed by atoms with Crippen LogP contribution in [0.1, 0.15) is 37.3 Å². The Morgan fingerprint density at radius 1 is 1.00 bits per heavy atom. The Labute approximate surface area is 198 Å². The van der Waals surface area contributed by atoms with Crippen LogP contribution in [0.4, 0.5) is 28.8 Å². The number of aryl methyl sites for hydroxylation is 2. The summed E-state index contributed by atoms with van der Waals surface area (Å²) in [6.07, 6.45) is 10.8. The van der Waals surface area contributed by atoms with Crippen molar-refractivity contribution < 1.29 is 4.79 Å². The second kappa shape index (κ2) is 11.1. The third-order valence-corrected chi connectivity index (χ3v) is 5.64. The number of pyridine rings is 1. The number of rotatable bonds is 1. The van der Waals surface area contributed by atoms with Gasteiger partial charge in [-0.25, -0.2) is 4.98 Å². The van der Waals surface area contributed by atoms with Crippen LogP contribution in [-0.2, 0) is 17.6 Å². The van der Waals surface area contributed by atoms with Gasteiger partial charge < -0.3 is 21.3 Å². The van der Waals surface area contributed by atoms with Gasteiger partial charge >= 0.3 is 0 Å². The zero-order valence-corrected chi connectivity index (χ0v) is 19.4. The molecule has 9 heteroatoms. The maximum atomic E-state index is 11.5. The minimum atomic E-state index is -0.105. The van der Waals surface area contributed by atoms with Crippen LogP contribution < -0.4 is 21.3 Å². The van der Waals surface area contributed by atoms with E-state index in [9.17, 15) is 4.79 Å². The van der Waals surface area contributed by atoms with Crippen LogP contribution in [-0.4, -0.2) is 33.9 Å². The van der Waals surface area contributed by atoms with E-state index in [1.807, 2.05) is 30.5 Å². The Morgan fingerprint density at radius 3 is 2.58 bits per heavy atom. The van der Waals surface area contributed by atoms with E-state index >= 15 is 0 Å². The lowest BCUT2D eigenvalue weighted by Gasteiger charge is -2.14. The van der Waals surface area contributed by atoms with E-state index in [4.69, 9.17) is 11.6 Å². The highest BCUT2D eigenvalue weighted by Crippen LogP contribution is 2.29. The number of nitrogens with zero attached hydrogens (tertiary/aromatic N) is 3. The number of anilines is 5. The molecule has 4 heterocycles.